The molecular weight excluding hydrogens is 364 g/mol. The zero-order chi connectivity index (χ0) is 15.7. The first-order valence-electron chi connectivity index (χ1n) is 6.41. The first-order chi connectivity index (χ1) is 9.86. The molecule has 0 radical (unpaired) electrons. The largest absolute Gasteiger partial charge is 0.308 e. The molecule has 0 aliphatic carbocycles. The first kappa shape index (κ1) is 16.4. The predicted molar refractivity (Wildman–Crippen MR) is 82.6 cm³/mol. The molecule has 0 amide bonds. The molecule has 0 spiro atoms. The number of hydrogen-bond donors (Lipinski definition) is 1. The van der Waals surface area contributed by atoms with Crippen LogP contribution in [0.4, 0.5) is 8.78 Å². The van der Waals surface area contributed by atoms with E-state index in [2.05, 4.69) is 26.3 Å². The van der Waals surface area contributed by atoms with Crippen LogP contribution in [-0.2, 0) is 0 Å². The van der Waals surface area contributed by atoms with Gasteiger partial charge in [0.25, 0.3) is 0 Å². The molecule has 0 aliphatic heterocycles. The SMILES string of the molecule is CNC(c1c(F)cc(Br)cc1F)c1c(Cl)cnn1C(C)C. The fourth-order valence-electron chi connectivity index (χ4n) is 2.28. The van der Waals surface area contributed by atoms with Crippen LogP contribution in [-0.4, -0.2) is 16.8 Å². The molecule has 2 aromatic rings. The highest BCUT2D eigenvalue weighted by Gasteiger charge is 2.27. The maximum atomic E-state index is 14.2. The minimum absolute atomic E-state index is 0.0184. The van der Waals surface area contributed by atoms with Crippen molar-refractivity contribution in [1.82, 2.24) is 15.1 Å². The van der Waals surface area contributed by atoms with Gasteiger partial charge in [-0.15, -0.1) is 0 Å². The molecule has 1 unspecified atom stereocenters. The van der Waals surface area contributed by atoms with Gasteiger partial charge in [-0.25, -0.2) is 8.78 Å². The third kappa shape index (κ3) is 3.12. The third-order valence-corrected chi connectivity index (χ3v) is 3.92. The number of rotatable bonds is 4. The molecule has 0 bridgehead atoms. The highest BCUT2D eigenvalue weighted by atomic mass is 79.9. The number of benzene rings is 1. The second kappa shape index (κ2) is 6.42. The van der Waals surface area contributed by atoms with Crippen molar-refractivity contribution in [1.29, 1.82) is 0 Å². The average Bonchev–Trinajstić information content (AvgIpc) is 2.75. The van der Waals surface area contributed by atoms with E-state index in [9.17, 15) is 8.78 Å². The van der Waals surface area contributed by atoms with E-state index in [0.29, 0.717) is 15.2 Å². The maximum absolute atomic E-state index is 14.2. The van der Waals surface area contributed by atoms with Gasteiger partial charge in [0.05, 0.1) is 23.0 Å². The molecule has 1 heterocycles. The lowest BCUT2D eigenvalue weighted by Crippen LogP contribution is -2.25. The van der Waals surface area contributed by atoms with E-state index in [4.69, 9.17) is 11.6 Å². The number of nitrogens with zero attached hydrogens (tertiary/aromatic N) is 2. The van der Waals surface area contributed by atoms with Gasteiger partial charge in [0.15, 0.2) is 0 Å². The van der Waals surface area contributed by atoms with Crippen LogP contribution in [0.5, 0.6) is 0 Å². The highest BCUT2D eigenvalue weighted by molar-refractivity contribution is 9.10. The molecule has 1 N–H and O–H groups in total. The van der Waals surface area contributed by atoms with Crippen molar-refractivity contribution in [3.8, 4) is 0 Å². The standard InChI is InChI=1S/C14H15BrClF2N3/c1-7(2)21-14(9(16)6-20-21)13(19-3)12-10(17)4-8(15)5-11(12)18/h4-7,13,19H,1-3H3. The van der Waals surface area contributed by atoms with E-state index in [1.165, 1.54) is 18.3 Å². The predicted octanol–water partition coefficient (Wildman–Crippen LogP) is 4.47. The van der Waals surface area contributed by atoms with Gasteiger partial charge in [-0.1, -0.05) is 27.5 Å². The molecule has 2 rings (SSSR count). The molecule has 3 nitrogen and oxygen atoms in total. The lowest BCUT2D eigenvalue weighted by molar-refractivity contribution is 0.462. The van der Waals surface area contributed by atoms with Crippen molar-refractivity contribution >= 4 is 27.5 Å². The van der Waals surface area contributed by atoms with Gasteiger partial charge < -0.3 is 5.32 Å². The molecule has 21 heavy (non-hydrogen) atoms. The van der Waals surface area contributed by atoms with E-state index in [1.54, 1.807) is 11.7 Å². The fourth-order valence-corrected chi connectivity index (χ4v) is 2.92. The summed E-state index contributed by atoms with van der Waals surface area (Å²) in [5, 5.41) is 7.46. The van der Waals surface area contributed by atoms with Crippen molar-refractivity contribution in [2.45, 2.75) is 25.9 Å². The summed E-state index contributed by atoms with van der Waals surface area (Å²) in [5.74, 6) is -1.29. The van der Waals surface area contributed by atoms with Crippen LogP contribution < -0.4 is 5.32 Å². The Morgan fingerprint density at radius 3 is 2.33 bits per heavy atom. The Labute approximate surface area is 135 Å². The number of halogens is 4. The van der Waals surface area contributed by atoms with E-state index >= 15 is 0 Å². The monoisotopic (exact) mass is 377 g/mol. The Kier molecular flexibility index (Phi) is 5.01. The number of aromatic nitrogens is 2. The zero-order valence-electron chi connectivity index (χ0n) is 11.8. The smallest absolute Gasteiger partial charge is 0.132 e. The molecule has 0 saturated heterocycles. The van der Waals surface area contributed by atoms with Crippen molar-refractivity contribution in [3.63, 3.8) is 0 Å². The molecule has 1 aromatic heterocycles. The quantitative estimate of drug-likeness (QED) is 0.851. The van der Waals surface area contributed by atoms with Crippen LogP contribution in [0.2, 0.25) is 5.02 Å². The minimum atomic E-state index is -0.726. The maximum Gasteiger partial charge on any atom is 0.132 e. The Bertz CT molecular complexity index is 635. The van der Waals surface area contributed by atoms with Crippen LogP contribution in [0.1, 0.15) is 37.2 Å². The van der Waals surface area contributed by atoms with E-state index < -0.39 is 17.7 Å². The molecule has 1 aromatic carbocycles. The Morgan fingerprint density at radius 1 is 1.29 bits per heavy atom. The van der Waals surface area contributed by atoms with Crippen molar-refractivity contribution in [2.75, 3.05) is 7.05 Å². The topological polar surface area (TPSA) is 29.9 Å². The van der Waals surface area contributed by atoms with Gasteiger partial charge in [0, 0.05) is 16.1 Å². The summed E-state index contributed by atoms with van der Waals surface area (Å²) in [6.07, 6.45) is 1.48. The Morgan fingerprint density at radius 2 is 1.86 bits per heavy atom. The summed E-state index contributed by atoms with van der Waals surface area (Å²) in [6.45, 7) is 3.85. The summed E-state index contributed by atoms with van der Waals surface area (Å²) >= 11 is 9.25. The van der Waals surface area contributed by atoms with Crippen LogP contribution in [0.3, 0.4) is 0 Å². The van der Waals surface area contributed by atoms with Crippen LogP contribution in [0, 0.1) is 11.6 Å². The van der Waals surface area contributed by atoms with Crippen molar-refractivity contribution in [2.24, 2.45) is 0 Å². The highest BCUT2D eigenvalue weighted by Crippen LogP contribution is 2.33. The Balaban J connectivity index is 2.64. The van der Waals surface area contributed by atoms with Crippen molar-refractivity contribution < 1.29 is 8.78 Å². The lowest BCUT2D eigenvalue weighted by Gasteiger charge is -2.22. The van der Waals surface area contributed by atoms with Gasteiger partial charge in [-0.05, 0) is 33.0 Å². The minimum Gasteiger partial charge on any atom is -0.308 e. The lowest BCUT2D eigenvalue weighted by atomic mass is 10.0. The van der Waals surface area contributed by atoms with Gasteiger partial charge in [-0.3, -0.25) is 4.68 Å². The van der Waals surface area contributed by atoms with Gasteiger partial charge in [0.2, 0.25) is 0 Å². The average molecular weight is 379 g/mol. The van der Waals surface area contributed by atoms with Crippen LogP contribution in [0.25, 0.3) is 0 Å². The normalized spacial score (nSPS) is 13.0. The molecule has 0 aliphatic rings. The second-order valence-corrected chi connectivity index (χ2v) is 6.24. The van der Waals surface area contributed by atoms with Gasteiger partial charge in [-0.2, -0.15) is 5.10 Å². The molecule has 7 heteroatoms. The molecule has 114 valence electrons. The van der Waals surface area contributed by atoms with E-state index in [-0.39, 0.29) is 11.6 Å². The molecular formula is C14H15BrClF2N3. The fraction of sp³-hybridized carbons (Fsp3) is 0.357. The van der Waals surface area contributed by atoms with E-state index in [0.717, 1.165) is 0 Å². The first-order valence-corrected chi connectivity index (χ1v) is 7.58. The molecule has 0 saturated carbocycles. The summed E-state index contributed by atoms with van der Waals surface area (Å²) in [4.78, 5) is 0. The van der Waals surface area contributed by atoms with Gasteiger partial charge >= 0.3 is 0 Å². The number of hydrogen-bond acceptors (Lipinski definition) is 2. The summed E-state index contributed by atoms with van der Waals surface area (Å²) in [7, 11) is 1.62. The number of nitrogens with one attached hydrogen (secondary N) is 1. The third-order valence-electron chi connectivity index (χ3n) is 3.17. The van der Waals surface area contributed by atoms with Crippen LogP contribution >= 0.6 is 27.5 Å². The zero-order valence-corrected chi connectivity index (χ0v) is 14.1. The summed E-state index contributed by atoms with van der Waals surface area (Å²) < 4.78 is 30.4. The van der Waals surface area contributed by atoms with Crippen LogP contribution in [0.15, 0.2) is 22.8 Å². The summed E-state index contributed by atoms with van der Waals surface area (Å²) in [5.41, 5.74) is 0.458. The summed E-state index contributed by atoms with van der Waals surface area (Å²) in [6, 6.07) is 1.75. The van der Waals surface area contributed by atoms with E-state index in [1.807, 2.05) is 13.8 Å². The molecule has 1 atom stereocenters. The second-order valence-electron chi connectivity index (χ2n) is 4.92. The van der Waals surface area contributed by atoms with Crippen molar-refractivity contribution in [3.05, 3.63) is 50.7 Å². The molecule has 0 fully saturated rings. The van der Waals surface area contributed by atoms with Gasteiger partial charge in [0.1, 0.15) is 11.6 Å². The Hall–Kier alpha value is -0.980.